The molecule has 3 aromatic rings. The lowest BCUT2D eigenvalue weighted by Crippen LogP contribution is -2.30. The van der Waals surface area contributed by atoms with E-state index in [1.54, 1.807) is 4.57 Å². The van der Waals surface area contributed by atoms with Crippen molar-refractivity contribution in [2.45, 2.75) is 33.4 Å². The van der Waals surface area contributed by atoms with Gasteiger partial charge < -0.3 is 10.1 Å². The summed E-state index contributed by atoms with van der Waals surface area (Å²) >= 11 is 5.32. The number of nitrogens with zero attached hydrogens (tertiary/aromatic N) is 2. The molecule has 6 nitrogen and oxygen atoms in total. The number of amides is 1. The maximum Gasteiger partial charge on any atom is 0.240 e. The third kappa shape index (κ3) is 4.67. The maximum absolute atomic E-state index is 12.6. The van der Waals surface area contributed by atoms with Crippen LogP contribution in [0.5, 0.6) is 5.75 Å². The molecule has 146 valence electrons. The molecule has 0 aliphatic carbocycles. The topological polar surface area (TPSA) is 71.9 Å². The number of hydrogen-bond donors (Lipinski definition) is 2. The molecule has 0 bridgehead atoms. The number of aromatic nitrogens is 3. The number of H-pyrrole nitrogens is 1. The monoisotopic (exact) mass is 396 g/mol. The first-order valence-corrected chi connectivity index (χ1v) is 9.63. The van der Waals surface area contributed by atoms with E-state index in [2.05, 4.69) is 15.5 Å². The number of nitrogens with one attached hydrogen (secondary N) is 2. The van der Waals surface area contributed by atoms with Crippen molar-refractivity contribution in [2.75, 3.05) is 6.61 Å². The van der Waals surface area contributed by atoms with Gasteiger partial charge >= 0.3 is 0 Å². The summed E-state index contributed by atoms with van der Waals surface area (Å²) in [4.78, 5) is 12.6. The maximum atomic E-state index is 12.6. The predicted octanol–water partition coefficient (Wildman–Crippen LogP) is 4.19. The Morgan fingerprint density at radius 2 is 2.04 bits per heavy atom. The second kappa shape index (κ2) is 8.84. The van der Waals surface area contributed by atoms with Gasteiger partial charge in [0.05, 0.1) is 12.6 Å². The van der Waals surface area contributed by atoms with Gasteiger partial charge in [0.25, 0.3) is 0 Å². The van der Waals surface area contributed by atoms with Gasteiger partial charge in [-0.1, -0.05) is 35.9 Å². The van der Waals surface area contributed by atoms with Gasteiger partial charge in [0.1, 0.15) is 12.3 Å². The van der Waals surface area contributed by atoms with E-state index in [0.29, 0.717) is 17.2 Å². The van der Waals surface area contributed by atoms with Gasteiger partial charge in [0, 0.05) is 5.56 Å². The molecule has 7 heteroatoms. The molecule has 3 rings (SSSR count). The summed E-state index contributed by atoms with van der Waals surface area (Å²) < 4.78 is 7.59. The first kappa shape index (κ1) is 19.8. The fourth-order valence-electron chi connectivity index (χ4n) is 3.00. The molecule has 1 atom stereocenters. The Balaban J connectivity index is 1.71. The fraction of sp³-hybridized carbons (Fsp3) is 0.286. The molecule has 1 heterocycles. The molecule has 0 aliphatic heterocycles. The molecule has 0 saturated heterocycles. The molecule has 1 unspecified atom stereocenters. The van der Waals surface area contributed by atoms with Crippen LogP contribution in [0.3, 0.4) is 0 Å². The summed E-state index contributed by atoms with van der Waals surface area (Å²) in [6, 6.07) is 15.5. The van der Waals surface area contributed by atoms with Crippen LogP contribution in [0, 0.1) is 11.7 Å². The number of carbonyl (C=O) groups excluding carboxylic acids is 1. The lowest BCUT2D eigenvalue weighted by Gasteiger charge is -2.16. The lowest BCUT2D eigenvalue weighted by molar-refractivity contribution is -0.122. The van der Waals surface area contributed by atoms with Crippen LogP contribution in [0.1, 0.15) is 31.0 Å². The average Bonchev–Trinajstić information content (AvgIpc) is 3.03. The molecule has 28 heavy (non-hydrogen) atoms. The van der Waals surface area contributed by atoms with Crippen molar-refractivity contribution in [1.82, 2.24) is 20.1 Å². The van der Waals surface area contributed by atoms with Crippen LogP contribution < -0.4 is 10.1 Å². The zero-order valence-electron chi connectivity index (χ0n) is 16.2. The zero-order valence-corrected chi connectivity index (χ0v) is 17.0. The average molecular weight is 397 g/mol. The number of rotatable bonds is 7. The minimum Gasteiger partial charge on any atom is -0.494 e. The lowest BCUT2D eigenvalue weighted by atomic mass is 10.1. The fourth-order valence-corrected chi connectivity index (χ4v) is 3.20. The van der Waals surface area contributed by atoms with Crippen molar-refractivity contribution in [3.05, 3.63) is 64.4 Å². The van der Waals surface area contributed by atoms with Gasteiger partial charge in [-0.3, -0.25) is 14.5 Å². The summed E-state index contributed by atoms with van der Waals surface area (Å²) in [7, 11) is 0. The van der Waals surface area contributed by atoms with Gasteiger partial charge in [0.15, 0.2) is 10.6 Å². The summed E-state index contributed by atoms with van der Waals surface area (Å²) in [5.74, 6) is 1.34. The van der Waals surface area contributed by atoms with Crippen LogP contribution in [0.15, 0.2) is 48.5 Å². The van der Waals surface area contributed by atoms with Crippen molar-refractivity contribution in [1.29, 1.82) is 0 Å². The minimum absolute atomic E-state index is 0.0972. The number of benzene rings is 2. The van der Waals surface area contributed by atoms with E-state index >= 15 is 0 Å². The van der Waals surface area contributed by atoms with Crippen LogP contribution in [-0.2, 0) is 11.3 Å². The Morgan fingerprint density at radius 1 is 1.29 bits per heavy atom. The van der Waals surface area contributed by atoms with E-state index in [9.17, 15) is 4.79 Å². The highest BCUT2D eigenvalue weighted by Crippen LogP contribution is 2.20. The highest BCUT2D eigenvalue weighted by atomic mass is 32.1. The smallest absolute Gasteiger partial charge is 0.240 e. The summed E-state index contributed by atoms with van der Waals surface area (Å²) in [5.41, 5.74) is 3.04. The van der Waals surface area contributed by atoms with E-state index in [-0.39, 0.29) is 18.5 Å². The van der Waals surface area contributed by atoms with Crippen molar-refractivity contribution >= 4 is 18.1 Å². The first-order valence-electron chi connectivity index (χ1n) is 9.22. The largest absolute Gasteiger partial charge is 0.494 e. The number of aromatic amines is 1. The highest BCUT2D eigenvalue weighted by Gasteiger charge is 2.15. The molecule has 1 aromatic heterocycles. The molecule has 2 N–H and O–H groups in total. The second-order valence-corrected chi connectivity index (χ2v) is 6.99. The van der Waals surface area contributed by atoms with Crippen molar-refractivity contribution in [3.63, 3.8) is 0 Å². The molecule has 0 aliphatic rings. The van der Waals surface area contributed by atoms with Crippen LogP contribution in [-0.4, -0.2) is 27.3 Å². The third-order valence-electron chi connectivity index (χ3n) is 4.40. The summed E-state index contributed by atoms with van der Waals surface area (Å²) in [5, 5.41) is 10.1. The van der Waals surface area contributed by atoms with Gasteiger partial charge in [-0.15, -0.1) is 0 Å². The van der Waals surface area contributed by atoms with Crippen molar-refractivity contribution in [3.8, 4) is 17.1 Å². The quantitative estimate of drug-likeness (QED) is 0.588. The molecule has 0 fully saturated rings. The van der Waals surface area contributed by atoms with Crippen LogP contribution in [0.2, 0.25) is 0 Å². The zero-order chi connectivity index (χ0) is 20.1. The number of carbonyl (C=O) groups is 1. The Labute approximate surface area is 169 Å². The molecule has 0 spiro atoms. The van der Waals surface area contributed by atoms with Gasteiger partial charge in [-0.05, 0) is 56.8 Å². The molecular weight excluding hydrogens is 372 g/mol. The van der Waals surface area contributed by atoms with E-state index in [4.69, 9.17) is 17.0 Å². The molecule has 0 radical (unpaired) electrons. The van der Waals surface area contributed by atoms with Crippen molar-refractivity contribution < 1.29 is 9.53 Å². The van der Waals surface area contributed by atoms with E-state index < -0.39 is 0 Å². The predicted molar refractivity (Wildman–Crippen MR) is 112 cm³/mol. The third-order valence-corrected chi connectivity index (χ3v) is 4.72. The summed E-state index contributed by atoms with van der Waals surface area (Å²) in [6.45, 7) is 6.63. The second-order valence-electron chi connectivity index (χ2n) is 6.60. The number of aryl methyl sites for hydroxylation is 1. The minimum atomic E-state index is -0.133. The number of ether oxygens (including phenoxy) is 1. The standard InChI is InChI=1S/C21H24N4O2S/c1-4-27-18-10-8-16(9-11-18)15(3)22-19(26)13-25-20(23-24-21(25)28)17-7-5-6-14(2)12-17/h5-12,15H,4,13H2,1-3H3,(H,22,26)(H,24,28). The molecule has 1 amide bonds. The summed E-state index contributed by atoms with van der Waals surface area (Å²) in [6.07, 6.45) is 0. The highest BCUT2D eigenvalue weighted by molar-refractivity contribution is 7.71. The SMILES string of the molecule is CCOc1ccc(C(C)NC(=O)Cn2c(-c3cccc(C)c3)n[nH]c2=S)cc1. The van der Waals surface area contributed by atoms with Crippen LogP contribution in [0.25, 0.3) is 11.4 Å². The molecule has 2 aromatic carbocycles. The van der Waals surface area contributed by atoms with E-state index in [0.717, 1.165) is 22.4 Å². The van der Waals surface area contributed by atoms with Gasteiger partial charge in [-0.2, -0.15) is 5.10 Å². The van der Waals surface area contributed by atoms with Gasteiger partial charge in [0.2, 0.25) is 5.91 Å². The Kier molecular flexibility index (Phi) is 6.26. The Hall–Kier alpha value is -2.93. The van der Waals surface area contributed by atoms with E-state index in [1.165, 1.54) is 0 Å². The normalized spacial score (nSPS) is 11.8. The first-order chi connectivity index (χ1) is 13.5. The molecule has 0 saturated carbocycles. The molecular formula is C21H24N4O2S. The Bertz CT molecular complexity index is 1010. The van der Waals surface area contributed by atoms with Crippen LogP contribution in [0.4, 0.5) is 0 Å². The van der Waals surface area contributed by atoms with Crippen LogP contribution >= 0.6 is 12.2 Å². The van der Waals surface area contributed by atoms with E-state index in [1.807, 2.05) is 69.3 Å². The number of hydrogen-bond acceptors (Lipinski definition) is 4. The van der Waals surface area contributed by atoms with Crippen molar-refractivity contribution in [2.24, 2.45) is 0 Å². The Morgan fingerprint density at radius 3 is 2.71 bits per heavy atom. The van der Waals surface area contributed by atoms with Gasteiger partial charge in [-0.25, -0.2) is 0 Å².